The number of nitro benzene ring substituents is 1. The minimum Gasteiger partial charge on any atom is -0.507 e. The molecule has 0 aliphatic rings. The van der Waals surface area contributed by atoms with E-state index in [4.69, 9.17) is 4.74 Å². The van der Waals surface area contributed by atoms with Gasteiger partial charge in [-0.1, -0.05) is 18.2 Å². The summed E-state index contributed by atoms with van der Waals surface area (Å²) in [5.74, 6) is -0.146. The van der Waals surface area contributed by atoms with Gasteiger partial charge < -0.3 is 9.84 Å². The summed E-state index contributed by atoms with van der Waals surface area (Å²) in [4.78, 5) is 21.6. The molecular weight excluding hydrogens is 302 g/mol. The highest BCUT2D eigenvalue weighted by Gasteiger charge is 2.09. The third kappa shape index (κ3) is 4.81. The second-order valence-electron chi connectivity index (χ2n) is 4.40. The standard InChI is InChI=1S/C15H13N3O5/c19-14-7-6-12(18(21)22)8-11(14)9-16-17-15(20)10-23-13-4-2-1-3-5-13/h1-9,19H,10H2,(H,17,20)/b16-9-. The van der Waals surface area contributed by atoms with E-state index in [2.05, 4.69) is 10.5 Å². The number of hydrazone groups is 1. The Bertz CT molecular complexity index is 731. The van der Waals surface area contributed by atoms with Gasteiger partial charge in [0.1, 0.15) is 11.5 Å². The van der Waals surface area contributed by atoms with Gasteiger partial charge in [-0.15, -0.1) is 0 Å². The van der Waals surface area contributed by atoms with Gasteiger partial charge >= 0.3 is 0 Å². The van der Waals surface area contributed by atoms with Crippen LogP contribution < -0.4 is 10.2 Å². The van der Waals surface area contributed by atoms with Gasteiger partial charge in [0.05, 0.1) is 11.1 Å². The molecule has 0 bridgehead atoms. The van der Waals surface area contributed by atoms with Crippen molar-refractivity contribution in [3.63, 3.8) is 0 Å². The van der Waals surface area contributed by atoms with Gasteiger partial charge in [0.15, 0.2) is 6.61 Å². The van der Waals surface area contributed by atoms with Gasteiger partial charge in [0.2, 0.25) is 0 Å². The van der Waals surface area contributed by atoms with E-state index in [1.54, 1.807) is 24.3 Å². The summed E-state index contributed by atoms with van der Waals surface area (Å²) < 4.78 is 5.22. The average Bonchev–Trinajstić information content (AvgIpc) is 2.55. The second kappa shape index (κ2) is 7.55. The number of carbonyl (C=O) groups is 1. The van der Waals surface area contributed by atoms with Crippen LogP contribution in [0, 0.1) is 10.1 Å². The van der Waals surface area contributed by atoms with Crippen LogP contribution in [-0.2, 0) is 4.79 Å². The monoisotopic (exact) mass is 315 g/mol. The Labute approximate surface area is 131 Å². The Morgan fingerprint density at radius 1 is 1.30 bits per heavy atom. The predicted octanol–water partition coefficient (Wildman–Crippen LogP) is 1.83. The van der Waals surface area contributed by atoms with Crippen molar-refractivity contribution in [3.05, 3.63) is 64.2 Å². The normalized spacial score (nSPS) is 10.4. The molecule has 2 N–H and O–H groups in total. The quantitative estimate of drug-likeness (QED) is 0.479. The number of benzene rings is 2. The predicted molar refractivity (Wildman–Crippen MR) is 82.4 cm³/mol. The number of rotatable bonds is 6. The summed E-state index contributed by atoms with van der Waals surface area (Å²) in [7, 11) is 0. The maximum atomic E-state index is 11.5. The molecule has 2 aromatic carbocycles. The number of para-hydroxylation sites is 1. The van der Waals surface area contributed by atoms with Crippen LogP contribution in [0.5, 0.6) is 11.5 Å². The van der Waals surface area contributed by atoms with Gasteiger partial charge in [-0.25, -0.2) is 5.43 Å². The topological polar surface area (TPSA) is 114 Å². The summed E-state index contributed by atoms with van der Waals surface area (Å²) in [6, 6.07) is 12.3. The molecule has 1 amide bonds. The summed E-state index contributed by atoms with van der Waals surface area (Å²) in [6.45, 7) is -0.234. The molecule has 0 aliphatic carbocycles. The fourth-order valence-corrected chi connectivity index (χ4v) is 1.63. The zero-order valence-corrected chi connectivity index (χ0v) is 11.9. The van der Waals surface area contributed by atoms with Crippen LogP contribution in [0.2, 0.25) is 0 Å². The Balaban J connectivity index is 1.90. The fourth-order valence-electron chi connectivity index (χ4n) is 1.63. The second-order valence-corrected chi connectivity index (χ2v) is 4.40. The molecule has 0 radical (unpaired) electrons. The molecule has 0 atom stereocenters. The van der Waals surface area contributed by atoms with Crippen molar-refractivity contribution in [2.24, 2.45) is 5.10 Å². The van der Waals surface area contributed by atoms with E-state index >= 15 is 0 Å². The van der Waals surface area contributed by atoms with Crippen molar-refractivity contribution in [3.8, 4) is 11.5 Å². The van der Waals surface area contributed by atoms with Crippen LogP contribution in [0.3, 0.4) is 0 Å². The largest absolute Gasteiger partial charge is 0.507 e. The lowest BCUT2D eigenvalue weighted by Crippen LogP contribution is -2.24. The van der Waals surface area contributed by atoms with Gasteiger partial charge in [-0.05, 0) is 18.2 Å². The van der Waals surface area contributed by atoms with Crippen LogP contribution in [0.1, 0.15) is 5.56 Å². The smallest absolute Gasteiger partial charge is 0.277 e. The number of nitrogens with one attached hydrogen (secondary N) is 1. The van der Waals surface area contributed by atoms with Crippen molar-refractivity contribution in [2.75, 3.05) is 6.61 Å². The third-order valence-corrected chi connectivity index (χ3v) is 2.73. The van der Waals surface area contributed by atoms with Crippen LogP contribution in [0.4, 0.5) is 5.69 Å². The molecule has 2 rings (SSSR count). The van der Waals surface area contributed by atoms with Crippen LogP contribution in [0.15, 0.2) is 53.6 Å². The molecule has 8 nitrogen and oxygen atoms in total. The molecule has 2 aromatic rings. The first-order valence-electron chi connectivity index (χ1n) is 6.53. The lowest BCUT2D eigenvalue weighted by Gasteiger charge is -2.04. The van der Waals surface area contributed by atoms with Gasteiger partial charge in [0, 0.05) is 17.7 Å². The zero-order chi connectivity index (χ0) is 16.7. The summed E-state index contributed by atoms with van der Waals surface area (Å²) >= 11 is 0. The number of non-ortho nitro benzene ring substituents is 1. The van der Waals surface area contributed by atoms with Gasteiger partial charge in [-0.3, -0.25) is 14.9 Å². The molecule has 0 heterocycles. The Kier molecular flexibility index (Phi) is 5.24. The highest BCUT2D eigenvalue weighted by molar-refractivity contribution is 5.86. The molecule has 23 heavy (non-hydrogen) atoms. The molecule has 0 saturated heterocycles. The number of phenolic OH excluding ortho intramolecular Hbond substituents is 1. The first-order chi connectivity index (χ1) is 11.1. The van der Waals surface area contributed by atoms with E-state index in [1.807, 2.05) is 6.07 Å². The number of nitrogens with zero attached hydrogens (tertiary/aromatic N) is 2. The first kappa shape index (κ1) is 16.0. The Morgan fingerprint density at radius 2 is 2.04 bits per heavy atom. The van der Waals surface area contributed by atoms with Crippen LogP contribution >= 0.6 is 0 Å². The zero-order valence-electron chi connectivity index (χ0n) is 11.9. The first-order valence-corrected chi connectivity index (χ1v) is 6.53. The molecule has 0 aromatic heterocycles. The number of ether oxygens (including phenoxy) is 1. The van der Waals surface area contributed by atoms with E-state index in [0.717, 1.165) is 12.3 Å². The molecule has 0 fully saturated rings. The molecule has 118 valence electrons. The summed E-state index contributed by atoms with van der Waals surface area (Å²) in [5.41, 5.74) is 2.12. The van der Waals surface area contributed by atoms with Crippen molar-refractivity contribution in [2.45, 2.75) is 0 Å². The van der Waals surface area contributed by atoms with E-state index in [0.29, 0.717) is 5.75 Å². The highest BCUT2D eigenvalue weighted by atomic mass is 16.6. The number of amides is 1. The number of nitro groups is 1. The van der Waals surface area contributed by atoms with Crippen molar-refractivity contribution < 1.29 is 19.6 Å². The molecule has 0 unspecified atom stereocenters. The van der Waals surface area contributed by atoms with Gasteiger partial charge in [0.25, 0.3) is 11.6 Å². The lowest BCUT2D eigenvalue weighted by atomic mass is 10.2. The highest BCUT2D eigenvalue weighted by Crippen LogP contribution is 2.21. The molecular formula is C15H13N3O5. The van der Waals surface area contributed by atoms with Crippen LogP contribution in [0.25, 0.3) is 0 Å². The maximum Gasteiger partial charge on any atom is 0.277 e. The van der Waals surface area contributed by atoms with E-state index in [1.165, 1.54) is 12.1 Å². The van der Waals surface area contributed by atoms with Crippen molar-refractivity contribution in [1.29, 1.82) is 0 Å². The SMILES string of the molecule is O=C(COc1ccccc1)N/N=C\c1cc([N+](=O)[O-])ccc1O. The number of carbonyl (C=O) groups excluding carboxylic acids is 1. The summed E-state index contributed by atoms with van der Waals surface area (Å²) in [5, 5.41) is 23.9. The van der Waals surface area contributed by atoms with E-state index in [9.17, 15) is 20.0 Å². The molecule has 0 spiro atoms. The number of phenols is 1. The number of hydrogen-bond donors (Lipinski definition) is 2. The van der Waals surface area contributed by atoms with Crippen molar-refractivity contribution >= 4 is 17.8 Å². The van der Waals surface area contributed by atoms with Crippen molar-refractivity contribution in [1.82, 2.24) is 5.43 Å². The lowest BCUT2D eigenvalue weighted by molar-refractivity contribution is -0.384. The maximum absolute atomic E-state index is 11.5. The van der Waals surface area contributed by atoms with Crippen LogP contribution in [-0.4, -0.2) is 28.8 Å². The third-order valence-electron chi connectivity index (χ3n) is 2.73. The summed E-state index contributed by atoms with van der Waals surface area (Å²) in [6.07, 6.45) is 1.11. The molecule has 0 saturated carbocycles. The van der Waals surface area contributed by atoms with E-state index < -0.39 is 10.8 Å². The average molecular weight is 315 g/mol. The minimum atomic E-state index is -0.594. The van der Waals surface area contributed by atoms with E-state index in [-0.39, 0.29) is 23.6 Å². The minimum absolute atomic E-state index is 0.114. The number of aromatic hydroxyl groups is 1. The van der Waals surface area contributed by atoms with Gasteiger partial charge in [-0.2, -0.15) is 5.10 Å². The fraction of sp³-hybridized carbons (Fsp3) is 0.0667. The Morgan fingerprint density at radius 3 is 2.74 bits per heavy atom. The number of hydrogen-bond acceptors (Lipinski definition) is 6. The Hall–Kier alpha value is -3.42. The molecule has 8 heteroatoms. The molecule has 0 aliphatic heterocycles.